The lowest BCUT2D eigenvalue weighted by molar-refractivity contribution is -0.145. The van der Waals surface area contributed by atoms with Crippen LogP contribution >= 0.6 is 22.6 Å². The number of carbonyl (C=O) groups is 1. The molecule has 0 unspecified atom stereocenters. The summed E-state index contributed by atoms with van der Waals surface area (Å²) >= 11 is 2.36. The van der Waals surface area contributed by atoms with Gasteiger partial charge in [-0.3, -0.25) is 4.79 Å². The fraction of sp³-hybridized carbons (Fsp3) is 0.588. The first-order valence-corrected chi connectivity index (χ1v) is 8.48. The molecule has 3 aliphatic carbocycles. The Morgan fingerprint density at radius 3 is 2.15 bits per heavy atom. The van der Waals surface area contributed by atoms with Crippen molar-refractivity contribution in [1.82, 2.24) is 0 Å². The van der Waals surface area contributed by atoms with Gasteiger partial charge in [0.1, 0.15) is 0 Å². The maximum absolute atomic E-state index is 11.6. The van der Waals surface area contributed by atoms with Crippen LogP contribution in [0.25, 0.3) is 0 Å². The molecule has 0 saturated heterocycles. The highest BCUT2D eigenvalue weighted by molar-refractivity contribution is 14.1. The van der Waals surface area contributed by atoms with E-state index in [0.717, 1.165) is 0 Å². The van der Waals surface area contributed by atoms with E-state index in [9.17, 15) is 4.79 Å². The molecule has 2 bridgehead atoms. The van der Waals surface area contributed by atoms with Gasteiger partial charge in [-0.05, 0) is 89.6 Å². The first kappa shape index (κ1) is 14.4. The highest BCUT2D eigenvalue weighted by Gasteiger charge is 2.49. The van der Waals surface area contributed by atoms with Gasteiger partial charge in [0.15, 0.2) is 0 Å². The van der Waals surface area contributed by atoms with E-state index in [4.69, 9.17) is 4.74 Å². The molecule has 3 saturated carbocycles. The van der Waals surface area contributed by atoms with Crippen LogP contribution < -0.4 is 0 Å². The van der Waals surface area contributed by atoms with Crippen LogP contribution in [0, 0.1) is 8.99 Å². The van der Waals surface area contributed by atoms with E-state index in [1.807, 2.05) is 0 Å². The monoisotopic (exact) mass is 384 g/mol. The van der Waals surface area contributed by atoms with Crippen molar-refractivity contribution in [3.63, 3.8) is 0 Å². The number of rotatable bonds is 3. The van der Waals surface area contributed by atoms with Crippen molar-refractivity contribution in [2.75, 3.05) is 7.11 Å². The molecule has 1 aromatic carbocycles. The maximum Gasteiger partial charge on any atom is 0.306 e. The van der Waals surface area contributed by atoms with E-state index in [2.05, 4.69) is 46.9 Å². The SMILES string of the molecule is COC(=O)CC12CCC(c3ccc(I)cc3)(CC1)CC2. The highest BCUT2D eigenvalue weighted by Crippen LogP contribution is 2.59. The van der Waals surface area contributed by atoms with Crippen LogP contribution in [0.1, 0.15) is 50.5 Å². The molecular weight excluding hydrogens is 363 g/mol. The number of hydrogen-bond donors (Lipinski definition) is 0. The number of ether oxygens (including phenoxy) is 1. The fourth-order valence-electron chi connectivity index (χ4n) is 4.14. The molecule has 0 amide bonds. The van der Waals surface area contributed by atoms with Gasteiger partial charge in [-0.15, -0.1) is 0 Å². The molecule has 3 aliphatic rings. The zero-order chi connectivity index (χ0) is 14.2. The quantitative estimate of drug-likeness (QED) is 0.569. The lowest BCUT2D eigenvalue weighted by atomic mass is 9.51. The fourth-order valence-corrected chi connectivity index (χ4v) is 4.50. The Balaban J connectivity index is 1.76. The molecule has 1 aromatic rings. The van der Waals surface area contributed by atoms with Crippen molar-refractivity contribution in [3.05, 3.63) is 33.4 Å². The van der Waals surface area contributed by atoms with Crippen molar-refractivity contribution < 1.29 is 9.53 Å². The number of hydrogen-bond acceptors (Lipinski definition) is 2. The van der Waals surface area contributed by atoms with Gasteiger partial charge in [0.25, 0.3) is 0 Å². The molecular formula is C17H21IO2. The van der Waals surface area contributed by atoms with E-state index < -0.39 is 0 Å². The van der Waals surface area contributed by atoms with Crippen LogP contribution in [0.2, 0.25) is 0 Å². The summed E-state index contributed by atoms with van der Waals surface area (Å²) in [6.07, 6.45) is 7.82. The van der Waals surface area contributed by atoms with Gasteiger partial charge in [-0.2, -0.15) is 0 Å². The maximum atomic E-state index is 11.6. The molecule has 0 radical (unpaired) electrons. The lowest BCUT2D eigenvalue weighted by Crippen LogP contribution is -2.45. The minimum atomic E-state index is -0.0336. The predicted octanol–water partition coefficient (Wildman–Crippen LogP) is 4.45. The average molecular weight is 384 g/mol. The Kier molecular flexibility index (Phi) is 3.82. The van der Waals surface area contributed by atoms with Gasteiger partial charge >= 0.3 is 5.97 Å². The summed E-state index contributed by atoms with van der Waals surface area (Å²) in [5, 5.41) is 0. The van der Waals surface area contributed by atoms with Gasteiger partial charge in [-0.25, -0.2) is 0 Å². The normalized spacial score (nSPS) is 32.1. The minimum Gasteiger partial charge on any atom is -0.469 e. The van der Waals surface area contributed by atoms with Crippen molar-refractivity contribution in [1.29, 1.82) is 0 Å². The summed E-state index contributed by atoms with van der Waals surface area (Å²) in [5.41, 5.74) is 2.12. The van der Waals surface area contributed by atoms with Crippen molar-refractivity contribution in [2.24, 2.45) is 5.41 Å². The Hall–Kier alpha value is -0.580. The van der Waals surface area contributed by atoms with Gasteiger partial charge in [0, 0.05) is 3.57 Å². The summed E-state index contributed by atoms with van der Waals surface area (Å²) < 4.78 is 6.18. The third kappa shape index (κ3) is 2.49. The predicted molar refractivity (Wildman–Crippen MR) is 87.6 cm³/mol. The van der Waals surface area contributed by atoms with Crippen LogP contribution in [0.4, 0.5) is 0 Å². The number of esters is 1. The molecule has 0 heterocycles. The lowest BCUT2D eigenvalue weighted by Gasteiger charge is -2.53. The van der Waals surface area contributed by atoms with Crippen molar-refractivity contribution >= 4 is 28.6 Å². The van der Waals surface area contributed by atoms with E-state index in [1.54, 1.807) is 0 Å². The molecule has 0 aromatic heterocycles. The number of methoxy groups -OCH3 is 1. The average Bonchev–Trinajstić information content (AvgIpc) is 2.49. The zero-order valence-electron chi connectivity index (χ0n) is 12.0. The standard InChI is InChI=1S/C17H21IO2/c1-20-15(19)12-16-6-9-17(10-7-16,11-8-16)13-2-4-14(18)5-3-13/h2-5H,6-12H2,1H3. The second-order valence-corrected chi connectivity index (χ2v) is 7.79. The van der Waals surface area contributed by atoms with E-state index in [1.165, 1.54) is 54.8 Å². The van der Waals surface area contributed by atoms with Crippen LogP contribution in [0.3, 0.4) is 0 Å². The molecule has 0 spiro atoms. The minimum absolute atomic E-state index is 0.0336. The summed E-state index contributed by atoms with van der Waals surface area (Å²) in [5.74, 6) is -0.0336. The second kappa shape index (κ2) is 5.32. The molecule has 108 valence electrons. The Morgan fingerprint density at radius 1 is 1.10 bits per heavy atom. The Bertz CT molecular complexity index is 482. The van der Waals surface area contributed by atoms with Gasteiger partial charge in [-0.1, -0.05) is 12.1 Å². The summed E-state index contributed by atoms with van der Waals surface area (Å²) in [4.78, 5) is 11.6. The van der Waals surface area contributed by atoms with Crippen molar-refractivity contribution in [3.8, 4) is 0 Å². The van der Waals surface area contributed by atoms with Crippen LogP contribution in [-0.2, 0) is 14.9 Å². The smallest absolute Gasteiger partial charge is 0.306 e. The van der Waals surface area contributed by atoms with E-state index >= 15 is 0 Å². The Labute approximate surface area is 134 Å². The van der Waals surface area contributed by atoms with E-state index in [0.29, 0.717) is 11.8 Å². The first-order valence-electron chi connectivity index (χ1n) is 7.41. The number of fused-ring (bicyclic) bond motifs is 3. The molecule has 20 heavy (non-hydrogen) atoms. The van der Waals surface area contributed by atoms with Gasteiger partial charge in [0.05, 0.1) is 13.5 Å². The molecule has 3 heteroatoms. The van der Waals surface area contributed by atoms with Crippen LogP contribution in [-0.4, -0.2) is 13.1 Å². The molecule has 2 nitrogen and oxygen atoms in total. The second-order valence-electron chi connectivity index (χ2n) is 6.54. The van der Waals surface area contributed by atoms with Crippen molar-refractivity contribution in [2.45, 2.75) is 50.4 Å². The first-order chi connectivity index (χ1) is 9.57. The Morgan fingerprint density at radius 2 is 1.65 bits per heavy atom. The number of benzene rings is 1. The molecule has 3 fully saturated rings. The van der Waals surface area contributed by atoms with Crippen LogP contribution in [0.5, 0.6) is 0 Å². The summed E-state index contributed by atoms with van der Waals surface area (Å²) in [6.45, 7) is 0. The number of carbonyl (C=O) groups excluding carboxylic acids is 1. The third-order valence-corrected chi connectivity index (χ3v) is 6.32. The molecule has 0 N–H and O–H groups in total. The number of halogens is 1. The zero-order valence-corrected chi connectivity index (χ0v) is 14.1. The topological polar surface area (TPSA) is 26.3 Å². The largest absolute Gasteiger partial charge is 0.469 e. The van der Waals surface area contributed by atoms with Crippen LogP contribution in [0.15, 0.2) is 24.3 Å². The summed E-state index contributed by atoms with van der Waals surface area (Å²) in [6, 6.07) is 9.05. The van der Waals surface area contributed by atoms with Gasteiger partial charge < -0.3 is 4.74 Å². The van der Waals surface area contributed by atoms with E-state index in [-0.39, 0.29) is 11.4 Å². The molecule has 0 aliphatic heterocycles. The van der Waals surface area contributed by atoms with Gasteiger partial charge in [0.2, 0.25) is 0 Å². The molecule has 0 atom stereocenters. The third-order valence-electron chi connectivity index (χ3n) is 5.61. The highest BCUT2D eigenvalue weighted by atomic mass is 127. The summed E-state index contributed by atoms with van der Waals surface area (Å²) in [7, 11) is 1.50. The molecule has 4 rings (SSSR count).